The van der Waals surface area contributed by atoms with Gasteiger partial charge in [0.15, 0.2) is 0 Å². The number of carboxylic acids is 1. The fraction of sp³-hybridized carbons (Fsp3) is 0.417. The monoisotopic (exact) mass is 272 g/mol. The Morgan fingerprint density at radius 1 is 1.56 bits per heavy atom. The Hall–Kier alpha value is -1.46. The zero-order valence-corrected chi connectivity index (χ0v) is 11.3. The topological polar surface area (TPSA) is 84.6 Å². The molecular formula is C12H17ClN2O3. The molecule has 0 aromatic heterocycles. The van der Waals surface area contributed by atoms with Gasteiger partial charge in [0.1, 0.15) is 0 Å². The maximum atomic E-state index is 11.2. The van der Waals surface area contributed by atoms with E-state index in [9.17, 15) is 4.79 Å². The smallest absolute Gasteiger partial charge is 0.337 e. The molecule has 1 aromatic carbocycles. The normalized spacial score (nSPS) is 11.3. The number of halogens is 1. The highest BCUT2D eigenvalue weighted by atomic mass is 35.5. The van der Waals surface area contributed by atoms with Crippen LogP contribution in [-0.4, -0.2) is 30.3 Å². The van der Waals surface area contributed by atoms with E-state index < -0.39 is 11.5 Å². The lowest BCUT2D eigenvalue weighted by Gasteiger charge is -2.28. The highest BCUT2D eigenvalue weighted by Crippen LogP contribution is 2.31. The van der Waals surface area contributed by atoms with Crippen molar-refractivity contribution in [3.05, 3.63) is 22.7 Å². The molecule has 5 nitrogen and oxygen atoms in total. The first-order chi connectivity index (χ1) is 8.26. The molecule has 4 N–H and O–H groups in total. The number of carboxylic acid groups (broad SMARTS) is 1. The summed E-state index contributed by atoms with van der Waals surface area (Å²) in [5.74, 6) is -1.08. The second-order valence-electron chi connectivity index (χ2n) is 4.67. The van der Waals surface area contributed by atoms with Crippen LogP contribution >= 0.6 is 11.6 Å². The molecule has 0 radical (unpaired) electrons. The Morgan fingerprint density at radius 2 is 2.17 bits per heavy atom. The number of ether oxygens (including phenoxy) is 1. The average Bonchev–Trinajstić information content (AvgIpc) is 2.21. The number of hydrogen-bond acceptors (Lipinski definition) is 4. The summed E-state index contributed by atoms with van der Waals surface area (Å²) in [5, 5.41) is 12.5. The summed E-state index contributed by atoms with van der Waals surface area (Å²) < 4.78 is 5.07. The summed E-state index contributed by atoms with van der Waals surface area (Å²) in [5.41, 5.74) is 5.85. The van der Waals surface area contributed by atoms with Crippen molar-refractivity contribution in [3.63, 3.8) is 0 Å². The van der Waals surface area contributed by atoms with Gasteiger partial charge in [-0.15, -0.1) is 0 Å². The Morgan fingerprint density at radius 3 is 2.67 bits per heavy atom. The zero-order valence-electron chi connectivity index (χ0n) is 10.6. The SMILES string of the molecule is COCC(C)(C)Nc1c(Cl)cc(N)cc1C(=O)O. The van der Waals surface area contributed by atoms with E-state index in [1.165, 1.54) is 12.1 Å². The molecule has 0 heterocycles. The largest absolute Gasteiger partial charge is 0.478 e. The van der Waals surface area contributed by atoms with Crippen LogP contribution in [0.1, 0.15) is 24.2 Å². The molecule has 0 saturated heterocycles. The van der Waals surface area contributed by atoms with Crippen molar-refractivity contribution in [3.8, 4) is 0 Å². The number of rotatable bonds is 5. The van der Waals surface area contributed by atoms with Crippen LogP contribution in [0.5, 0.6) is 0 Å². The Bertz CT molecular complexity index is 461. The lowest BCUT2D eigenvalue weighted by Crippen LogP contribution is -2.36. The van der Waals surface area contributed by atoms with Gasteiger partial charge in [0.05, 0.1) is 28.4 Å². The van der Waals surface area contributed by atoms with E-state index >= 15 is 0 Å². The van der Waals surface area contributed by atoms with Gasteiger partial charge in [-0.2, -0.15) is 0 Å². The molecule has 18 heavy (non-hydrogen) atoms. The summed E-state index contributed by atoms with van der Waals surface area (Å²) in [7, 11) is 1.58. The van der Waals surface area contributed by atoms with Gasteiger partial charge < -0.3 is 20.9 Å². The molecular weight excluding hydrogens is 256 g/mol. The van der Waals surface area contributed by atoms with Crippen LogP contribution in [0.25, 0.3) is 0 Å². The number of nitrogen functional groups attached to an aromatic ring is 1. The molecule has 0 aliphatic carbocycles. The minimum absolute atomic E-state index is 0.0455. The Balaban J connectivity index is 3.19. The number of nitrogens with one attached hydrogen (secondary N) is 1. The van der Waals surface area contributed by atoms with E-state index in [4.69, 9.17) is 27.2 Å². The van der Waals surface area contributed by atoms with E-state index in [1.807, 2.05) is 13.8 Å². The number of aromatic carboxylic acids is 1. The minimum atomic E-state index is -1.08. The maximum Gasteiger partial charge on any atom is 0.337 e. The molecule has 0 aliphatic heterocycles. The molecule has 1 aromatic rings. The third-order valence-electron chi connectivity index (χ3n) is 2.31. The lowest BCUT2D eigenvalue weighted by atomic mass is 10.0. The number of nitrogens with two attached hydrogens (primary N) is 1. The van der Waals surface area contributed by atoms with Crippen LogP contribution in [0.15, 0.2) is 12.1 Å². The highest BCUT2D eigenvalue weighted by molar-refractivity contribution is 6.34. The molecule has 1 rings (SSSR count). The van der Waals surface area contributed by atoms with Gasteiger partial charge >= 0.3 is 5.97 Å². The van der Waals surface area contributed by atoms with Crippen LogP contribution in [0, 0.1) is 0 Å². The molecule has 6 heteroatoms. The molecule has 0 amide bonds. The third-order valence-corrected chi connectivity index (χ3v) is 2.61. The van der Waals surface area contributed by atoms with Crippen LogP contribution in [0.3, 0.4) is 0 Å². The first-order valence-electron chi connectivity index (χ1n) is 5.36. The number of hydrogen-bond donors (Lipinski definition) is 3. The van der Waals surface area contributed by atoms with Crippen molar-refractivity contribution in [1.29, 1.82) is 0 Å². The van der Waals surface area contributed by atoms with E-state index in [0.29, 0.717) is 18.0 Å². The van der Waals surface area contributed by atoms with Gasteiger partial charge in [-0.25, -0.2) is 4.79 Å². The molecule has 100 valence electrons. The van der Waals surface area contributed by atoms with Gasteiger partial charge in [-0.05, 0) is 26.0 Å². The van der Waals surface area contributed by atoms with Crippen LogP contribution in [0.2, 0.25) is 5.02 Å². The van der Waals surface area contributed by atoms with Crippen molar-refractivity contribution in [1.82, 2.24) is 0 Å². The quantitative estimate of drug-likeness (QED) is 0.717. The first-order valence-corrected chi connectivity index (χ1v) is 5.74. The first kappa shape index (κ1) is 14.6. The molecule has 0 fully saturated rings. The Labute approximate surface area is 111 Å². The number of methoxy groups -OCH3 is 1. The highest BCUT2D eigenvalue weighted by Gasteiger charge is 2.23. The minimum Gasteiger partial charge on any atom is -0.478 e. The molecule has 0 saturated carbocycles. The summed E-state index contributed by atoms with van der Waals surface area (Å²) >= 11 is 6.04. The van der Waals surface area contributed by atoms with Crippen LogP contribution < -0.4 is 11.1 Å². The van der Waals surface area contributed by atoms with Gasteiger partial charge in [-0.1, -0.05) is 11.6 Å². The fourth-order valence-corrected chi connectivity index (χ4v) is 1.93. The summed E-state index contributed by atoms with van der Waals surface area (Å²) in [6.07, 6.45) is 0. The van der Waals surface area contributed by atoms with Crippen molar-refractivity contribution in [2.75, 3.05) is 24.8 Å². The fourth-order valence-electron chi connectivity index (χ4n) is 1.66. The number of anilines is 2. The average molecular weight is 273 g/mol. The molecule has 0 unspecified atom stereocenters. The van der Waals surface area contributed by atoms with E-state index in [2.05, 4.69) is 5.32 Å². The third kappa shape index (κ3) is 3.51. The Kier molecular flexibility index (Phi) is 4.43. The van der Waals surface area contributed by atoms with E-state index in [1.54, 1.807) is 7.11 Å². The molecule has 0 spiro atoms. The van der Waals surface area contributed by atoms with Crippen LogP contribution in [0.4, 0.5) is 11.4 Å². The molecule has 0 aliphatic rings. The second-order valence-corrected chi connectivity index (χ2v) is 5.08. The van der Waals surface area contributed by atoms with E-state index in [-0.39, 0.29) is 10.6 Å². The number of carbonyl (C=O) groups is 1. The van der Waals surface area contributed by atoms with Crippen molar-refractivity contribution in [2.24, 2.45) is 0 Å². The zero-order chi connectivity index (χ0) is 13.9. The second kappa shape index (κ2) is 5.46. The summed E-state index contributed by atoms with van der Waals surface area (Å²) in [6, 6.07) is 2.89. The predicted octanol–water partition coefficient (Wildman–Crippen LogP) is 2.46. The van der Waals surface area contributed by atoms with Crippen molar-refractivity contribution >= 4 is 28.9 Å². The van der Waals surface area contributed by atoms with Gasteiger partial charge in [0.25, 0.3) is 0 Å². The number of benzene rings is 1. The summed E-state index contributed by atoms with van der Waals surface area (Å²) in [4.78, 5) is 11.2. The van der Waals surface area contributed by atoms with Gasteiger partial charge in [0, 0.05) is 12.8 Å². The molecule has 0 atom stereocenters. The van der Waals surface area contributed by atoms with Gasteiger partial charge in [0.2, 0.25) is 0 Å². The standard InChI is InChI=1S/C12H17ClN2O3/c1-12(2,6-18-3)15-10-8(11(16)17)4-7(14)5-9(10)13/h4-5,15H,6,14H2,1-3H3,(H,16,17). The van der Waals surface area contributed by atoms with Crippen molar-refractivity contribution < 1.29 is 14.6 Å². The van der Waals surface area contributed by atoms with Crippen molar-refractivity contribution in [2.45, 2.75) is 19.4 Å². The summed E-state index contributed by atoms with van der Waals surface area (Å²) in [6.45, 7) is 4.18. The lowest BCUT2D eigenvalue weighted by molar-refractivity contribution is 0.0697. The maximum absolute atomic E-state index is 11.2. The predicted molar refractivity (Wildman–Crippen MR) is 72.4 cm³/mol. The van der Waals surface area contributed by atoms with E-state index in [0.717, 1.165) is 0 Å². The van der Waals surface area contributed by atoms with Gasteiger partial charge in [-0.3, -0.25) is 0 Å². The molecule has 0 bridgehead atoms. The van der Waals surface area contributed by atoms with Crippen LogP contribution in [-0.2, 0) is 4.74 Å².